The van der Waals surface area contributed by atoms with E-state index in [9.17, 15) is 9.90 Å². The van der Waals surface area contributed by atoms with Gasteiger partial charge in [-0.05, 0) is 30.5 Å². The van der Waals surface area contributed by atoms with Crippen LogP contribution >= 0.6 is 11.3 Å². The Bertz CT molecular complexity index is 1140. The van der Waals surface area contributed by atoms with Crippen LogP contribution in [0.4, 0.5) is 0 Å². The molecule has 0 bridgehead atoms. The highest BCUT2D eigenvalue weighted by Gasteiger charge is 2.17. The highest BCUT2D eigenvalue weighted by molar-refractivity contribution is 7.15. The maximum absolute atomic E-state index is 12.5. The fraction of sp³-hybridized carbons (Fsp3) is 0.300. The number of aromatic nitrogens is 2. The van der Waals surface area contributed by atoms with E-state index in [0.29, 0.717) is 16.8 Å². The molecule has 6 nitrogen and oxygen atoms in total. The van der Waals surface area contributed by atoms with Gasteiger partial charge in [0, 0.05) is 42.8 Å². The van der Waals surface area contributed by atoms with Gasteiger partial charge in [0.1, 0.15) is 5.58 Å². The molecule has 0 amide bonds. The fourth-order valence-electron chi connectivity index (χ4n) is 3.63. The van der Waals surface area contributed by atoms with Gasteiger partial charge in [0.25, 0.3) is 0 Å². The SMILES string of the molecule is O=c1oc2cc(CN3CCC(O)CC3)ccc2cc1-c1cn2ccsc2n1. The molecule has 4 aromatic rings. The first-order chi connectivity index (χ1) is 13.2. The largest absolute Gasteiger partial charge is 0.422 e. The lowest BCUT2D eigenvalue weighted by Crippen LogP contribution is -2.35. The second kappa shape index (κ2) is 6.60. The van der Waals surface area contributed by atoms with Crippen molar-refractivity contribution in [2.45, 2.75) is 25.5 Å². The fourth-order valence-corrected chi connectivity index (χ4v) is 4.33. The number of thiazole rings is 1. The molecule has 27 heavy (non-hydrogen) atoms. The molecule has 1 N–H and O–H groups in total. The van der Waals surface area contributed by atoms with Gasteiger partial charge in [-0.15, -0.1) is 11.3 Å². The number of benzene rings is 1. The summed E-state index contributed by atoms with van der Waals surface area (Å²) in [6.07, 6.45) is 5.23. The Morgan fingerprint density at radius 1 is 1.26 bits per heavy atom. The molecular formula is C20H19N3O3S. The van der Waals surface area contributed by atoms with Gasteiger partial charge in [-0.1, -0.05) is 12.1 Å². The third-order valence-corrected chi connectivity index (χ3v) is 5.90. The zero-order valence-electron chi connectivity index (χ0n) is 14.7. The molecule has 1 aromatic carbocycles. The van der Waals surface area contributed by atoms with E-state index in [1.54, 1.807) is 0 Å². The quantitative estimate of drug-likeness (QED) is 0.552. The predicted molar refractivity (Wildman–Crippen MR) is 105 cm³/mol. The van der Waals surface area contributed by atoms with Crippen molar-refractivity contribution >= 4 is 27.3 Å². The molecule has 1 saturated heterocycles. The van der Waals surface area contributed by atoms with E-state index in [1.165, 1.54) is 11.3 Å². The number of hydrogen-bond acceptors (Lipinski definition) is 6. The highest BCUT2D eigenvalue weighted by Crippen LogP contribution is 2.24. The van der Waals surface area contributed by atoms with Gasteiger partial charge < -0.3 is 9.52 Å². The summed E-state index contributed by atoms with van der Waals surface area (Å²) in [4.78, 5) is 20.2. The van der Waals surface area contributed by atoms with Crippen LogP contribution in [0.5, 0.6) is 0 Å². The molecule has 1 fully saturated rings. The molecule has 4 heterocycles. The number of likely N-dealkylation sites (tertiary alicyclic amines) is 1. The van der Waals surface area contributed by atoms with Crippen LogP contribution in [0.2, 0.25) is 0 Å². The number of piperidine rings is 1. The Labute approximate surface area is 159 Å². The molecule has 5 rings (SSSR count). The van der Waals surface area contributed by atoms with E-state index in [-0.39, 0.29) is 11.7 Å². The number of nitrogens with zero attached hydrogens (tertiary/aromatic N) is 3. The van der Waals surface area contributed by atoms with Crippen molar-refractivity contribution in [1.29, 1.82) is 0 Å². The zero-order valence-corrected chi connectivity index (χ0v) is 15.5. The Morgan fingerprint density at radius 3 is 2.93 bits per heavy atom. The molecule has 1 aliphatic heterocycles. The summed E-state index contributed by atoms with van der Waals surface area (Å²) in [5.74, 6) is 0. The van der Waals surface area contributed by atoms with Crippen LogP contribution in [0, 0.1) is 0 Å². The van der Waals surface area contributed by atoms with Gasteiger partial charge in [-0.3, -0.25) is 9.30 Å². The Hall–Kier alpha value is -2.48. The van der Waals surface area contributed by atoms with Crippen LogP contribution in [0.15, 0.2) is 51.3 Å². The van der Waals surface area contributed by atoms with Crippen LogP contribution in [0.25, 0.3) is 27.2 Å². The minimum absolute atomic E-state index is 0.174. The lowest BCUT2D eigenvalue weighted by Gasteiger charge is -2.29. The van der Waals surface area contributed by atoms with E-state index >= 15 is 0 Å². The molecule has 0 spiro atoms. The summed E-state index contributed by atoms with van der Waals surface area (Å²) in [7, 11) is 0. The standard InChI is InChI=1S/C20H19N3O3S/c24-15-3-5-22(6-4-15)11-13-1-2-14-10-16(19(25)26-18(14)9-13)17-12-23-7-8-27-20(23)21-17/h1-2,7-10,12,15,24H,3-6,11H2. The van der Waals surface area contributed by atoms with Crippen molar-refractivity contribution in [2.75, 3.05) is 13.1 Å². The minimum atomic E-state index is -0.369. The molecule has 0 radical (unpaired) electrons. The summed E-state index contributed by atoms with van der Waals surface area (Å²) < 4.78 is 7.51. The van der Waals surface area contributed by atoms with Gasteiger partial charge in [0.2, 0.25) is 0 Å². The predicted octanol–water partition coefficient (Wildman–Crippen LogP) is 3.13. The molecule has 0 saturated carbocycles. The summed E-state index contributed by atoms with van der Waals surface area (Å²) >= 11 is 1.53. The summed E-state index contributed by atoms with van der Waals surface area (Å²) in [5, 5.41) is 12.5. The second-order valence-electron chi connectivity index (χ2n) is 7.05. The third-order valence-electron chi connectivity index (χ3n) is 5.13. The normalized spacial score (nSPS) is 16.5. The molecule has 0 unspecified atom stereocenters. The van der Waals surface area contributed by atoms with Crippen molar-refractivity contribution < 1.29 is 9.52 Å². The Kier molecular flexibility index (Phi) is 4.07. The van der Waals surface area contributed by atoms with Crippen LogP contribution in [0.3, 0.4) is 0 Å². The first kappa shape index (κ1) is 16.7. The van der Waals surface area contributed by atoms with Crippen LogP contribution in [-0.2, 0) is 6.54 Å². The number of fused-ring (bicyclic) bond motifs is 2. The molecule has 138 valence electrons. The Balaban J connectivity index is 1.46. The van der Waals surface area contributed by atoms with Crippen molar-refractivity contribution in [3.63, 3.8) is 0 Å². The van der Waals surface area contributed by atoms with Gasteiger partial charge >= 0.3 is 5.63 Å². The molecule has 0 aliphatic carbocycles. The van der Waals surface area contributed by atoms with Crippen molar-refractivity contribution in [2.24, 2.45) is 0 Å². The maximum atomic E-state index is 12.5. The summed E-state index contributed by atoms with van der Waals surface area (Å²) in [6, 6.07) is 7.86. The third kappa shape index (κ3) is 3.18. The number of hydrogen-bond donors (Lipinski definition) is 1. The monoisotopic (exact) mass is 381 g/mol. The topological polar surface area (TPSA) is 71.0 Å². The average molecular weight is 381 g/mol. The van der Waals surface area contributed by atoms with E-state index in [2.05, 4.69) is 16.0 Å². The van der Waals surface area contributed by atoms with Crippen molar-refractivity contribution in [3.8, 4) is 11.3 Å². The first-order valence-electron chi connectivity index (χ1n) is 9.05. The lowest BCUT2D eigenvalue weighted by atomic mass is 10.1. The minimum Gasteiger partial charge on any atom is -0.422 e. The van der Waals surface area contributed by atoms with Gasteiger partial charge in [0.05, 0.1) is 17.4 Å². The average Bonchev–Trinajstić information content (AvgIpc) is 3.25. The van der Waals surface area contributed by atoms with Crippen LogP contribution < -0.4 is 5.63 Å². The van der Waals surface area contributed by atoms with E-state index in [0.717, 1.165) is 48.4 Å². The smallest absolute Gasteiger partial charge is 0.345 e. The molecular weight excluding hydrogens is 362 g/mol. The molecule has 3 aromatic heterocycles. The zero-order chi connectivity index (χ0) is 18.4. The number of aliphatic hydroxyl groups excluding tert-OH is 1. The highest BCUT2D eigenvalue weighted by atomic mass is 32.1. The molecule has 1 aliphatic rings. The van der Waals surface area contributed by atoms with E-state index < -0.39 is 0 Å². The molecule has 0 atom stereocenters. The van der Waals surface area contributed by atoms with Gasteiger partial charge in [0.15, 0.2) is 4.96 Å². The van der Waals surface area contributed by atoms with Crippen molar-refractivity contribution in [1.82, 2.24) is 14.3 Å². The summed E-state index contributed by atoms with van der Waals surface area (Å²) in [5.41, 5.74) is 2.45. The second-order valence-corrected chi connectivity index (χ2v) is 7.92. The van der Waals surface area contributed by atoms with Crippen LogP contribution in [0.1, 0.15) is 18.4 Å². The number of rotatable bonds is 3. The van der Waals surface area contributed by atoms with E-state index in [4.69, 9.17) is 4.42 Å². The maximum Gasteiger partial charge on any atom is 0.345 e. The van der Waals surface area contributed by atoms with Crippen molar-refractivity contribution in [3.05, 3.63) is 58.0 Å². The summed E-state index contributed by atoms with van der Waals surface area (Å²) in [6.45, 7) is 2.57. The number of imidazole rings is 1. The number of aliphatic hydroxyl groups is 1. The van der Waals surface area contributed by atoms with Gasteiger partial charge in [-0.2, -0.15) is 0 Å². The lowest BCUT2D eigenvalue weighted by molar-refractivity contribution is 0.0792. The van der Waals surface area contributed by atoms with Crippen LogP contribution in [-0.4, -0.2) is 38.6 Å². The Morgan fingerprint density at radius 2 is 2.11 bits per heavy atom. The first-order valence-corrected chi connectivity index (χ1v) is 9.93. The van der Waals surface area contributed by atoms with Gasteiger partial charge in [-0.25, -0.2) is 9.78 Å². The van der Waals surface area contributed by atoms with E-state index in [1.807, 2.05) is 40.4 Å². The molecule has 7 heteroatoms.